The highest BCUT2D eigenvalue weighted by atomic mass is 35.5. The van der Waals surface area contributed by atoms with E-state index in [0.29, 0.717) is 32.9 Å². The Balaban J connectivity index is 1.44. The van der Waals surface area contributed by atoms with Gasteiger partial charge in [-0.25, -0.2) is 14.8 Å². The zero-order valence-corrected chi connectivity index (χ0v) is 35.9. The summed E-state index contributed by atoms with van der Waals surface area (Å²) in [5.74, 6) is -1.01. The quantitative estimate of drug-likeness (QED) is 0.0379. The van der Waals surface area contributed by atoms with E-state index < -0.39 is 36.0 Å². The summed E-state index contributed by atoms with van der Waals surface area (Å²) < 4.78 is 22.5. The predicted molar refractivity (Wildman–Crippen MR) is 230 cm³/mol. The molecule has 61 heavy (non-hydrogen) atoms. The zero-order valence-electron chi connectivity index (χ0n) is 34.3. The van der Waals surface area contributed by atoms with E-state index in [1.165, 1.54) is 18.0 Å². The number of ketones is 1. The molecule has 7 N–H and O–H groups in total. The summed E-state index contributed by atoms with van der Waals surface area (Å²) in [5.41, 5.74) is 20.3. The molecular formula is C43H49ClN8O8S. The monoisotopic (exact) mass is 872 g/mol. The van der Waals surface area contributed by atoms with Gasteiger partial charge in [-0.3, -0.25) is 19.2 Å². The first kappa shape index (κ1) is 47.7. The highest BCUT2D eigenvalue weighted by molar-refractivity contribution is 7.98. The molecule has 2 aromatic heterocycles. The first-order chi connectivity index (χ1) is 29.1. The van der Waals surface area contributed by atoms with Crippen LogP contribution in [0.3, 0.4) is 0 Å². The SMILES string of the molecule is [C-]#[N+]c1c(N)nc(SCc2coc(-c3ccc(Cl)cc3)n2)c(C#N)c1-c1ccc(OC[C@@H](COC(=O)CCNC(=O)[C@@H](N)C(C)C)OC(=O)CCCC(=O)[C@@H](N)C(C)C)cc1. The number of pyridine rings is 1. The van der Waals surface area contributed by atoms with Gasteiger partial charge in [0.2, 0.25) is 17.5 Å². The number of anilines is 1. The average Bonchev–Trinajstić information content (AvgIpc) is 3.72. The van der Waals surface area contributed by atoms with Gasteiger partial charge >= 0.3 is 11.9 Å². The molecule has 0 unspecified atom stereocenters. The lowest BCUT2D eigenvalue weighted by Crippen LogP contribution is -2.44. The Labute approximate surface area is 363 Å². The molecule has 4 rings (SSSR count). The van der Waals surface area contributed by atoms with Crippen molar-refractivity contribution >= 4 is 58.5 Å². The Bertz CT molecular complexity index is 2240. The summed E-state index contributed by atoms with van der Waals surface area (Å²) in [6.07, 6.45) is 0.548. The molecule has 1 amide bonds. The number of ether oxygens (including phenoxy) is 3. The molecule has 0 aliphatic carbocycles. The highest BCUT2D eigenvalue weighted by Gasteiger charge is 2.24. The van der Waals surface area contributed by atoms with Crippen LogP contribution in [0.5, 0.6) is 5.75 Å². The van der Waals surface area contributed by atoms with Crippen LogP contribution in [0.1, 0.15) is 64.6 Å². The van der Waals surface area contributed by atoms with Crippen LogP contribution in [0.4, 0.5) is 11.5 Å². The summed E-state index contributed by atoms with van der Waals surface area (Å²) in [7, 11) is 0. The van der Waals surface area contributed by atoms with Gasteiger partial charge in [0.25, 0.3) is 0 Å². The minimum absolute atomic E-state index is 0.00245. The second-order valence-corrected chi connectivity index (χ2v) is 16.0. The Morgan fingerprint density at radius 2 is 1.61 bits per heavy atom. The van der Waals surface area contributed by atoms with Crippen molar-refractivity contribution in [2.75, 3.05) is 25.5 Å². The summed E-state index contributed by atoms with van der Waals surface area (Å²) in [5, 5.41) is 13.8. The van der Waals surface area contributed by atoms with E-state index in [0.717, 1.165) is 5.56 Å². The van der Waals surface area contributed by atoms with Crippen LogP contribution in [0.15, 0.2) is 64.2 Å². The van der Waals surface area contributed by atoms with Crippen LogP contribution in [-0.4, -0.2) is 71.5 Å². The zero-order chi connectivity index (χ0) is 44.6. The molecule has 16 nitrogen and oxygen atoms in total. The number of oxazole rings is 1. The molecule has 0 aliphatic heterocycles. The van der Waals surface area contributed by atoms with Gasteiger partial charge in [-0.1, -0.05) is 63.2 Å². The number of aromatic nitrogens is 2. The first-order valence-corrected chi connectivity index (χ1v) is 20.8. The Kier molecular flexibility index (Phi) is 18.1. The molecule has 0 radical (unpaired) electrons. The Morgan fingerprint density at radius 1 is 0.934 bits per heavy atom. The third-order valence-electron chi connectivity index (χ3n) is 9.24. The molecule has 0 aliphatic rings. The lowest BCUT2D eigenvalue weighted by Gasteiger charge is -2.19. The van der Waals surface area contributed by atoms with Gasteiger partial charge < -0.3 is 41.1 Å². The number of nitriles is 1. The number of nitrogens with one attached hydrogen (secondary N) is 1. The second kappa shape index (κ2) is 23.1. The van der Waals surface area contributed by atoms with Crippen LogP contribution in [0.25, 0.3) is 27.4 Å². The van der Waals surface area contributed by atoms with E-state index in [9.17, 15) is 24.4 Å². The topological polar surface area (TPSA) is 253 Å². The molecule has 0 spiro atoms. The van der Waals surface area contributed by atoms with Crippen LogP contribution in [0, 0.1) is 29.7 Å². The van der Waals surface area contributed by atoms with Gasteiger partial charge in [-0.05, 0) is 60.2 Å². The van der Waals surface area contributed by atoms with Crippen molar-refractivity contribution in [3.8, 4) is 34.4 Å². The third-order valence-corrected chi connectivity index (χ3v) is 10.5. The Morgan fingerprint density at radius 3 is 2.25 bits per heavy atom. The molecule has 3 atom stereocenters. The number of carbonyl (C=O) groups excluding carboxylic acids is 4. The van der Waals surface area contributed by atoms with Gasteiger partial charge in [0.05, 0.1) is 36.3 Å². The average molecular weight is 873 g/mol. The number of nitrogens with two attached hydrogens (primary N) is 3. The van der Waals surface area contributed by atoms with Gasteiger partial charge in [-0.2, -0.15) is 5.26 Å². The van der Waals surface area contributed by atoms with Gasteiger partial charge in [0, 0.05) is 41.3 Å². The van der Waals surface area contributed by atoms with Crippen molar-refractivity contribution in [3.63, 3.8) is 0 Å². The van der Waals surface area contributed by atoms with E-state index >= 15 is 0 Å². The van der Waals surface area contributed by atoms with Crippen LogP contribution < -0.4 is 27.3 Å². The number of benzene rings is 2. The first-order valence-electron chi connectivity index (χ1n) is 19.5. The number of nitrogen functional groups attached to an aromatic ring is 1. The summed E-state index contributed by atoms with van der Waals surface area (Å²) >= 11 is 7.21. The number of nitrogens with zero attached hydrogens (tertiary/aromatic N) is 4. The minimum atomic E-state index is -1.04. The lowest BCUT2D eigenvalue weighted by molar-refractivity contribution is -0.161. The molecule has 322 valence electrons. The molecule has 0 bridgehead atoms. The van der Waals surface area contributed by atoms with E-state index in [-0.39, 0.29) is 91.4 Å². The number of hydrogen-bond donors (Lipinski definition) is 4. The minimum Gasteiger partial charge on any atom is -0.490 e. The van der Waals surface area contributed by atoms with Gasteiger partial charge in [-0.15, -0.1) is 0 Å². The van der Waals surface area contributed by atoms with Crippen molar-refractivity contribution in [1.82, 2.24) is 15.3 Å². The number of hydrogen-bond acceptors (Lipinski definition) is 15. The van der Waals surface area contributed by atoms with Crippen molar-refractivity contribution in [1.29, 1.82) is 5.26 Å². The number of esters is 2. The fourth-order valence-corrected chi connectivity index (χ4v) is 6.59. The number of carbonyl (C=O) groups is 4. The molecule has 4 aromatic rings. The predicted octanol–water partition coefficient (Wildman–Crippen LogP) is 6.40. The maximum Gasteiger partial charge on any atom is 0.307 e. The van der Waals surface area contributed by atoms with Crippen LogP contribution >= 0.6 is 23.4 Å². The number of thioether (sulfide) groups is 1. The van der Waals surface area contributed by atoms with Crippen molar-refractivity contribution in [2.24, 2.45) is 23.3 Å². The van der Waals surface area contributed by atoms with Crippen molar-refractivity contribution in [3.05, 3.63) is 82.5 Å². The number of halogens is 1. The molecule has 0 saturated carbocycles. The number of rotatable bonds is 22. The molecule has 0 fully saturated rings. The second-order valence-electron chi connectivity index (χ2n) is 14.6. The van der Waals surface area contributed by atoms with Crippen LogP contribution in [-0.2, 0) is 34.4 Å². The van der Waals surface area contributed by atoms with Gasteiger partial charge in [0.1, 0.15) is 47.9 Å². The molecule has 18 heteroatoms. The fraction of sp³-hybridized carbons (Fsp3) is 0.395. The highest BCUT2D eigenvalue weighted by Crippen LogP contribution is 2.42. The number of amides is 1. The van der Waals surface area contributed by atoms with Crippen molar-refractivity contribution in [2.45, 2.75) is 82.3 Å². The standard InChI is InChI=1S/C43H49ClN8O8S/c1-24(2)37(46)33(53)7-6-8-35(55)60-31(22-58-34(54)17-18-50-41(56)38(47)25(3)4)21-57-30-15-11-26(12-16-30)36-32(19-45)43(52-40(48)39(36)49-5)61-23-29-20-59-42(51-29)27-9-13-28(44)14-10-27/h9-16,20,24-25,31,37-38H,6-8,17-18,21-23,46-47H2,1-4H3,(H2,48,52)(H,50,56)/t31-,37-,38-/m0/s1. The molecular weight excluding hydrogens is 824 g/mol. The largest absolute Gasteiger partial charge is 0.490 e. The summed E-state index contributed by atoms with van der Waals surface area (Å²) in [6.45, 7) is 14.5. The maximum atomic E-state index is 12.8. The van der Waals surface area contributed by atoms with Crippen molar-refractivity contribution < 1.29 is 37.8 Å². The smallest absolute Gasteiger partial charge is 0.307 e. The third kappa shape index (κ3) is 14.0. The van der Waals surface area contributed by atoms with Crippen LogP contribution in [0.2, 0.25) is 5.02 Å². The van der Waals surface area contributed by atoms with E-state index in [1.807, 2.05) is 13.8 Å². The summed E-state index contributed by atoms with van der Waals surface area (Å²) in [4.78, 5) is 62.4. The normalized spacial score (nSPS) is 12.5. The number of Topliss-reactive ketones (excluding diaryl/α,β-unsaturated/α-hetero) is 1. The van der Waals surface area contributed by atoms with E-state index in [4.69, 9.17) is 54.0 Å². The van der Waals surface area contributed by atoms with Gasteiger partial charge in [0.15, 0.2) is 6.10 Å². The lowest BCUT2D eigenvalue weighted by atomic mass is 9.97. The molecule has 2 heterocycles. The molecule has 2 aromatic carbocycles. The van der Waals surface area contributed by atoms with E-state index in [1.54, 1.807) is 62.4 Å². The Hall–Kier alpha value is -5.98. The maximum absolute atomic E-state index is 12.8. The fourth-order valence-electron chi connectivity index (χ4n) is 5.59. The van der Waals surface area contributed by atoms with E-state index in [2.05, 4.69) is 26.2 Å². The summed E-state index contributed by atoms with van der Waals surface area (Å²) in [6, 6.07) is 14.3. The molecule has 0 saturated heterocycles.